The van der Waals surface area contributed by atoms with Crippen molar-refractivity contribution < 1.29 is 51.0 Å². The highest BCUT2D eigenvalue weighted by molar-refractivity contribution is 7.86. The van der Waals surface area contributed by atoms with Gasteiger partial charge >= 0.3 is 11.9 Å². The van der Waals surface area contributed by atoms with Crippen molar-refractivity contribution >= 4 is 32.8 Å². The Bertz CT molecular complexity index is 1860. The van der Waals surface area contributed by atoms with Gasteiger partial charge in [0.1, 0.15) is 54.3 Å². The molecule has 48 heavy (non-hydrogen) atoms. The third kappa shape index (κ3) is 10.1. The Hall–Kier alpha value is -5.33. The van der Waals surface area contributed by atoms with Crippen LogP contribution in [0.1, 0.15) is 13.8 Å². The molecule has 0 aromatic heterocycles. The lowest BCUT2D eigenvalue weighted by molar-refractivity contribution is -0.148. The molecule has 252 valence electrons. The van der Waals surface area contributed by atoms with Gasteiger partial charge in [0.15, 0.2) is 12.2 Å². The summed E-state index contributed by atoms with van der Waals surface area (Å²) < 4.78 is 70.2. The zero-order valence-electron chi connectivity index (χ0n) is 26.5. The predicted molar refractivity (Wildman–Crippen MR) is 178 cm³/mol. The van der Waals surface area contributed by atoms with Crippen molar-refractivity contribution in [2.75, 3.05) is 26.4 Å². The molecular weight excluding hydrogens is 640 g/mol. The van der Waals surface area contributed by atoms with E-state index in [1.54, 1.807) is 72.8 Å². The number of fused-ring (bicyclic) bond motifs is 1. The molecule has 0 radical (unpaired) electrons. The minimum Gasteiger partial charge on any atom is -0.490 e. The van der Waals surface area contributed by atoms with Gasteiger partial charge < -0.3 is 28.4 Å². The maximum atomic E-state index is 12.7. The summed E-state index contributed by atoms with van der Waals surface area (Å²) in [4.78, 5) is 24.2. The van der Waals surface area contributed by atoms with Gasteiger partial charge in [0.2, 0.25) is 0 Å². The maximum Gasteiger partial charge on any atom is 0.333 e. The molecular formula is C36H36O11S. The Balaban J connectivity index is 1.62. The van der Waals surface area contributed by atoms with E-state index in [2.05, 4.69) is 13.2 Å². The first-order chi connectivity index (χ1) is 22.9. The van der Waals surface area contributed by atoms with Crippen molar-refractivity contribution in [3.63, 3.8) is 0 Å². The summed E-state index contributed by atoms with van der Waals surface area (Å²) >= 11 is 0. The molecule has 2 unspecified atom stereocenters. The van der Waals surface area contributed by atoms with Gasteiger partial charge in [-0.1, -0.05) is 73.8 Å². The van der Waals surface area contributed by atoms with Gasteiger partial charge in [-0.15, -0.1) is 0 Å². The number of carbonyl (C=O) groups is 2. The molecule has 0 bridgehead atoms. The van der Waals surface area contributed by atoms with Crippen LogP contribution >= 0.6 is 0 Å². The molecule has 12 heteroatoms. The highest BCUT2D eigenvalue weighted by Crippen LogP contribution is 2.39. The number of carbonyl (C=O) groups excluding carboxylic acids is 2. The predicted octanol–water partition coefficient (Wildman–Crippen LogP) is 5.98. The molecule has 0 saturated carbocycles. The average Bonchev–Trinajstić information content (AvgIpc) is 3.07. The Morgan fingerprint density at radius 3 is 1.52 bits per heavy atom. The second-order valence-electron chi connectivity index (χ2n) is 10.7. The fourth-order valence-corrected chi connectivity index (χ4v) is 4.92. The first-order valence-electron chi connectivity index (χ1n) is 14.8. The van der Waals surface area contributed by atoms with Crippen LogP contribution in [0.15, 0.2) is 120 Å². The van der Waals surface area contributed by atoms with E-state index in [0.717, 1.165) is 6.07 Å². The number of benzene rings is 4. The quantitative estimate of drug-likeness (QED) is 0.0802. The van der Waals surface area contributed by atoms with Crippen LogP contribution in [-0.4, -0.2) is 63.5 Å². The van der Waals surface area contributed by atoms with Gasteiger partial charge in [0, 0.05) is 28.0 Å². The van der Waals surface area contributed by atoms with E-state index >= 15 is 0 Å². The second-order valence-corrected chi connectivity index (χ2v) is 12.1. The number of rotatable bonds is 17. The van der Waals surface area contributed by atoms with E-state index in [-0.39, 0.29) is 54.5 Å². The fraction of sp³-hybridized carbons (Fsp3) is 0.222. The molecule has 4 aromatic carbocycles. The van der Waals surface area contributed by atoms with Crippen LogP contribution in [0.5, 0.6) is 23.0 Å². The molecule has 0 saturated heterocycles. The van der Waals surface area contributed by atoms with Crippen molar-refractivity contribution in [3.8, 4) is 23.0 Å². The molecule has 11 nitrogen and oxygen atoms in total. The van der Waals surface area contributed by atoms with Gasteiger partial charge in [-0.25, -0.2) is 9.59 Å². The summed E-state index contributed by atoms with van der Waals surface area (Å²) in [5.41, 5.74) is 0.313. The van der Waals surface area contributed by atoms with Crippen LogP contribution in [0.25, 0.3) is 10.8 Å². The molecule has 0 spiro atoms. The van der Waals surface area contributed by atoms with Gasteiger partial charge in [-0.2, -0.15) is 8.42 Å². The monoisotopic (exact) mass is 676 g/mol. The summed E-state index contributed by atoms with van der Waals surface area (Å²) in [7, 11) is -4.88. The van der Waals surface area contributed by atoms with Crippen molar-refractivity contribution in [3.05, 3.63) is 115 Å². The molecule has 1 N–H and O–H groups in total. The van der Waals surface area contributed by atoms with Crippen LogP contribution in [0.3, 0.4) is 0 Å². The summed E-state index contributed by atoms with van der Waals surface area (Å²) in [6.07, 6.45) is -1.92. The van der Waals surface area contributed by atoms with E-state index < -0.39 is 39.2 Å². The molecule has 0 aliphatic rings. The molecule has 4 aromatic rings. The lowest BCUT2D eigenvalue weighted by Crippen LogP contribution is -2.32. The minimum atomic E-state index is -4.88. The van der Waals surface area contributed by atoms with E-state index in [9.17, 15) is 22.6 Å². The summed E-state index contributed by atoms with van der Waals surface area (Å²) in [6, 6.07) is 25.4. The van der Waals surface area contributed by atoms with Crippen molar-refractivity contribution in [1.82, 2.24) is 0 Å². The van der Waals surface area contributed by atoms with Gasteiger partial charge in [-0.3, -0.25) is 4.55 Å². The molecule has 0 aliphatic heterocycles. The van der Waals surface area contributed by atoms with E-state index in [1.165, 1.54) is 13.8 Å². The first kappa shape index (κ1) is 35.5. The molecule has 4 rings (SSSR count). The van der Waals surface area contributed by atoms with Crippen LogP contribution in [0, 0.1) is 0 Å². The van der Waals surface area contributed by atoms with Crippen molar-refractivity contribution in [1.29, 1.82) is 0 Å². The number of para-hydroxylation sites is 2. The highest BCUT2D eigenvalue weighted by atomic mass is 32.2. The summed E-state index contributed by atoms with van der Waals surface area (Å²) in [5.74, 6) is -0.446. The van der Waals surface area contributed by atoms with Gasteiger partial charge in [0.25, 0.3) is 10.1 Å². The Morgan fingerprint density at radius 2 is 1.06 bits per heavy atom. The fourth-order valence-electron chi connectivity index (χ4n) is 4.26. The molecule has 0 heterocycles. The topological polar surface area (TPSA) is 144 Å². The summed E-state index contributed by atoms with van der Waals surface area (Å²) in [6.45, 7) is 9.41. The smallest absolute Gasteiger partial charge is 0.333 e. The van der Waals surface area contributed by atoms with Crippen molar-refractivity contribution in [2.24, 2.45) is 0 Å². The third-order valence-electron chi connectivity index (χ3n) is 6.64. The Labute approximate surface area is 279 Å². The van der Waals surface area contributed by atoms with Crippen LogP contribution in [0.4, 0.5) is 0 Å². The number of hydrogen-bond donors (Lipinski definition) is 1. The van der Waals surface area contributed by atoms with E-state index in [1.807, 2.05) is 12.1 Å². The summed E-state index contributed by atoms with van der Waals surface area (Å²) in [5, 5.41) is 0.692. The molecule has 2 atom stereocenters. The Kier molecular flexibility index (Phi) is 12.2. The van der Waals surface area contributed by atoms with Crippen LogP contribution in [-0.2, 0) is 29.2 Å². The third-order valence-corrected chi connectivity index (χ3v) is 7.50. The number of esters is 2. The Morgan fingerprint density at radius 1 is 0.646 bits per heavy atom. The maximum absolute atomic E-state index is 12.7. The SMILES string of the molecule is C=C(C)C(=O)OC(COc1ccccc1)COc1cc(S(=O)(=O)O)c(OCC(COc2ccccc2)OC(=O)C(=C)C)c2ccccc12. The average molecular weight is 677 g/mol. The number of hydrogen-bond acceptors (Lipinski definition) is 10. The van der Waals surface area contributed by atoms with Gasteiger partial charge in [0.05, 0.1) is 0 Å². The normalized spacial score (nSPS) is 12.3. The number of ether oxygens (including phenoxy) is 6. The molecule has 0 amide bonds. The molecule has 0 fully saturated rings. The zero-order chi connectivity index (χ0) is 34.7. The van der Waals surface area contributed by atoms with Crippen LogP contribution < -0.4 is 18.9 Å². The highest BCUT2D eigenvalue weighted by Gasteiger charge is 2.26. The van der Waals surface area contributed by atoms with E-state index in [0.29, 0.717) is 16.9 Å². The second kappa shape index (κ2) is 16.5. The lowest BCUT2D eigenvalue weighted by Gasteiger charge is -2.22. The minimum absolute atomic E-state index is 0.0549. The molecule has 0 aliphatic carbocycles. The van der Waals surface area contributed by atoms with E-state index in [4.69, 9.17) is 28.4 Å². The van der Waals surface area contributed by atoms with Gasteiger partial charge in [-0.05, 0) is 38.1 Å². The first-order valence-corrected chi connectivity index (χ1v) is 16.2. The zero-order valence-corrected chi connectivity index (χ0v) is 27.3. The van der Waals surface area contributed by atoms with Crippen molar-refractivity contribution in [2.45, 2.75) is 31.0 Å². The van der Waals surface area contributed by atoms with Crippen LogP contribution in [0.2, 0.25) is 0 Å². The standard InChI is InChI=1S/C36H36O11S/c1-24(2)35(37)46-28(20-42-26-13-7-5-8-14-26)22-44-32-19-33(48(39,40)41)34(31-18-12-11-17-30(31)32)45-23-29(47-36(38)25(3)4)21-43-27-15-9-6-10-16-27/h5-19,28-29H,1,3,20-23H2,2,4H3,(H,39,40,41). The lowest BCUT2D eigenvalue weighted by atomic mass is 10.1. The largest absolute Gasteiger partial charge is 0.490 e.